The maximum Gasteiger partial charge on any atom is 0.267 e. The number of pyridine rings is 1. The van der Waals surface area contributed by atoms with E-state index < -0.39 is 20.5 Å². The van der Waals surface area contributed by atoms with Gasteiger partial charge in [-0.15, -0.1) is 5.10 Å². The SMILES string of the molecule is C[C@H]([C@H]1CCC2=Cc3c(cnn3-c3ccc(F)cc3)C[C@]2(C(=O)c2cc(Cl)ccn2)C1)S(=O)(=O)c1ncn(C)n1. The van der Waals surface area contributed by atoms with Crippen molar-refractivity contribution in [3.8, 4) is 5.69 Å². The standard InChI is InChI=1S/C28H26ClFN6O3S/c1-17(40(38,39)27-32-16-35(2)34-27)18-3-4-20-11-25-19(15-33-36(25)23-7-5-22(30)6-8-23)14-28(20,13-18)26(37)24-12-21(29)9-10-31-24/h5-12,15-18H,3-4,13-14H2,1-2H3/t17-,18+,28-/m1/s1. The first-order valence-corrected chi connectivity index (χ1v) is 14.8. The van der Waals surface area contributed by atoms with E-state index >= 15 is 0 Å². The van der Waals surface area contributed by atoms with Gasteiger partial charge in [-0.25, -0.2) is 22.5 Å². The third-order valence-corrected chi connectivity index (χ3v) is 10.4. The molecule has 0 saturated heterocycles. The molecular formula is C28H26ClFN6O3S. The molecule has 9 nitrogen and oxygen atoms in total. The highest BCUT2D eigenvalue weighted by Crippen LogP contribution is 2.53. The van der Waals surface area contributed by atoms with Gasteiger partial charge in [0.25, 0.3) is 5.16 Å². The van der Waals surface area contributed by atoms with Crippen LogP contribution in [0.25, 0.3) is 11.8 Å². The maximum atomic E-state index is 14.3. The summed E-state index contributed by atoms with van der Waals surface area (Å²) in [6, 6.07) is 9.22. The van der Waals surface area contributed by atoms with E-state index in [0.717, 1.165) is 16.8 Å². The van der Waals surface area contributed by atoms with Crippen molar-refractivity contribution in [2.75, 3.05) is 0 Å². The van der Waals surface area contributed by atoms with Gasteiger partial charge in [0.05, 0.1) is 28.2 Å². The number of hydrogen-bond donors (Lipinski definition) is 0. The van der Waals surface area contributed by atoms with Crippen molar-refractivity contribution in [1.82, 2.24) is 29.5 Å². The van der Waals surface area contributed by atoms with Gasteiger partial charge in [-0.3, -0.25) is 14.5 Å². The minimum atomic E-state index is -3.83. The summed E-state index contributed by atoms with van der Waals surface area (Å²) < 4.78 is 43.6. The summed E-state index contributed by atoms with van der Waals surface area (Å²) in [7, 11) is -2.22. The Hall–Kier alpha value is -3.70. The number of aryl methyl sites for hydroxylation is 1. The highest BCUT2D eigenvalue weighted by Gasteiger charge is 2.51. The number of hydrogen-bond acceptors (Lipinski definition) is 7. The lowest BCUT2D eigenvalue weighted by molar-refractivity contribution is 0.0753. The summed E-state index contributed by atoms with van der Waals surface area (Å²) in [4.78, 5) is 22.6. The zero-order chi connectivity index (χ0) is 28.2. The smallest absolute Gasteiger partial charge is 0.267 e. The molecule has 3 atom stereocenters. The number of fused-ring (bicyclic) bond motifs is 2. The number of halogens is 2. The van der Waals surface area contributed by atoms with E-state index in [0.29, 0.717) is 36.4 Å². The second-order valence-corrected chi connectivity index (χ2v) is 13.1. The van der Waals surface area contributed by atoms with Crippen molar-refractivity contribution in [2.45, 2.75) is 43.0 Å². The van der Waals surface area contributed by atoms with Gasteiger partial charge in [-0.05, 0) is 86.6 Å². The van der Waals surface area contributed by atoms with Gasteiger partial charge < -0.3 is 0 Å². The Balaban J connectivity index is 1.43. The van der Waals surface area contributed by atoms with Crippen molar-refractivity contribution in [3.63, 3.8) is 0 Å². The van der Waals surface area contributed by atoms with Crippen LogP contribution in [0.2, 0.25) is 5.02 Å². The number of aromatic nitrogens is 6. The lowest BCUT2D eigenvalue weighted by Crippen LogP contribution is -2.45. The van der Waals surface area contributed by atoms with Crippen LogP contribution in [0.3, 0.4) is 0 Å². The summed E-state index contributed by atoms with van der Waals surface area (Å²) in [5.74, 6) is -0.875. The Bertz CT molecular complexity index is 1760. The minimum Gasteiger partial charge on any atom is -0.291 e. The van der Waals surface area contributed by atoms with E-state index in [9.17, 15) is 17.6 Å². The molecule has 206 valence electrons. The predicted molar refractivity (Wildman–Crippen MR) is 146 cm³/mol. The zero-order valence-electron chi connectivity index (χ0n) is 21.8. The fourth-order valence-electron chi connectivity index (χ4n) is 5.98. The van der Waals surface area contributed by atoms with Crippen molar-refractivity contribution < 1.29 is 17.6 Å². The highest BCUT2D eigenvalue weighted by molar-refractivity contribution is 7.91. The monoisotopic (exact) mass is 580 g/mol. The molecule has 0 bridgehead atoms. The van der Waals surface area contributed by atoms with Crippen LogP contribution in [-0.4, -0.2) is 49.0 Å². The average Bonchev–Trinajstić information content (AvgIpc) is 3.57. The number of nitrogens with zero attached hydrogens (tertiary/aromatic N) is 6. The number of allylic oxidation sites excluding steroid dienone is 1. The summed E-state index contributed by atoms with van der Waals surface area (Å²) in [6.07, 6.45) is 8.27. The minimum absolute atomic E-state index is 0.202. The van der Waals surface area contributed by atoms with E-state index in [2.05, 4.69) is 20.2 Å². The zero-order valence-corrected chi connectivity index (χ0v) is 23.4. The molecular weight excluding hydrogens is 555 g/mol. The molecule has 0 unspecified atom stereocenters. The number of rotatable bonds is 6. The molecule has 12 heteroatoms. The average molecular weight is 581 g/mol. The van der Waals surface area contributed by atoms with Crippen LogP contribution < -0.4 is 0 Å². The molecule has 3 aromatic heterocycles. The molecule has 2 aliphatic carbocycles. The van der Waals surface area contributed by atoms with Gasteiger partial charge >= 0.3 is 0 Å². The molecule has 0 N–H and O–H groups in total. The van der Waals surface area contributed by atoms with Crippen molar-refractivity contribution >= 4 is 33.3 Å². The summed E-state index contributed by atoms with van der Waals surface area (Å²) in [5, 5.41) is 7.96. The maximum absolute atomic E-state index is 14.3. The largest absolute Gasteiger partial charge is 0.291 e. The van der Waals surface area contributed by atoms with Crippen LogP contribution in [0, 0.1) is 17.2 Å². The van der Waals surface area contributed by atoms with Gasteiger partial charge in [0.2, 0.25) is 9.84 Å². The van der Waals surface area contributed by atoms with Gasteiger partial charge in [0.15, 0.2) is 5.78 Å². The second-order valence-electron chi connectivity index (χ2n) is 10.5. The van der Waals surface area contributed by atoms with E-state index in [1.807, 2.05) is 6.08 Å². The van der Waals surface area contributed by atoms with Crippen molar-refractivity contribution in [3.05, 3.63) is 88.5 Å². The van der Waals surface area contributed by atoms with Gasteiger partial charge in [0.1, 0.15) is 17.8 Å². The molecule has 0 radical (unpaired) electrons. The van der Waals surface area contributed by atoms with Crippen LogP contribution in [0.1, 0.15) is 47.9 Å². The first kappa shape index (κ1) is 26.5. The van der Waals surface area contributed by atoms with E-state index in [1.54, 1.807) is 49.1 Å². The van der Waals surface area contributed by atoms with Gasteiger partial charge in [0, 0.05) is 18.3 Å². The summed E-state index contributed by atoms with van der Waals surface area (Å²) >= 11 is 6.23. The molecule has 0 aliphatic heterocycles. The first-order chi connectivity index (χ1) is 19.1. The quantitative estimate of drug-likeness (QED) is 0.305. The fourth-order valence-corrected chi connectivity index (χ4v) is 7.65. The van der Waals surface area contributed by atoms with Crippen molar-refractivity contribution in [1.29, 1.82) is 0 Å². The number of ketones is 1. The molecule has 2 aliphatic rings. The number of sulfone groups is 1. The van der Waals surface area contributed by atoms with E-state index in [1.165, 1.54) is 29.3 Å². The molecule has 0 amide bonds. The van der Waals surface area contributed by atoms with E-state index in [-0.39, 0.29) is 28.4 Å². The molecule has 1 aromatic carbocycles. The van der Waals surface area contributed by atoms with Crippen LogP contribution in [0.5, 0.6) is 0 Å². The second kappa shape index (κ2) is 9.74. The molecule has 1 fully saturated rings. The Morgan fingerprint density at radius 1 is 1.20 bits per heavy atom. The summed E-state index contributed by atoms with van der Waals surface area (Å²) in [5.41, 5.74) is 2.46. The first-order valence-electron chi connectivity index (χ1n) is 12.9. The normalized spacial score (nSPS) is 21.3. The van der Waals surface area contributed by atoms with Gasteiger partial charge in [-0.1, -0.05) is 17.2 Å². The number of benzene rings is 1. The Kier molecular flexibility index (Phi) is 6.46. The molecule has 6 rings (SSSR count). The number of carbonyl (C=O) groups is 1. The molecule has 3 heterocycles. The Morgan fingerprint density at radius 3 is 2.67 bits per heavy atom. The number of Topliss-reactive ketones (excluding diaryl/α,β-unsaturated/α-hetero) is 1. The molecule has 40 heavy (non-hydrogen) atoms. The molecule has 1 saturated carbocycles. The lowest BCUT2D eigenvalue weighted by Gasteiger charge is -2.45. The Morgan fingerprint density at radius 2 is 1.98 bits per heavy atom. The third-order valence-electron chi connectivity index (χ3n) is 8.15. The van der Waals surface area contributed by atoms with Crippen LogP contribution >= 0.6 is 11.6 Å². The lowest BCUT2D eigenvalue weighted by atomic mass is 9.58. The summed E-state index contributed by atoms with van der Waals surface area (Å²) in [6.45, 7) is 1.67. The van der Waals surface area contributed by atoms with Crippen molar-refractivity contribution in [2.24, 2.45) is 18.4 Å². The number of carbonyl (C=O) groups excluding carboxylic acids is 1. The fraction of sp³-hybridized carbons (Fsp3) is 0.321. The molecule has 0 spiro atoms. The third kappa shape index (κ3) is 4.37. The van der Waals surface area contributed by atoms with E-state index in [4.69, 9.17) is 11.6 Å². The topological polar surface area (TPSA) is 113 Å². The van der Waals surface area contributed by atoms with Crippen LogP contribution in [0.4, 0.5) is 4.39 Å². The highest BCUT2D eigenvalue weighted by atomic mass is 35.5. The molecule has 4 aromatic rings. The van der Waals surface area contributed by atoms with Crippen LogP contribution in [0.15, 0.2) is 65.8 Å². The Labute approximate surface area is 235 Å². The van der Waals surface area contributed by atoms with Gasteiger partial charge in [-0.2, -0.15) is 5.10 Å². The van der Waals surface area contributed by atoms with Crippen LogP contribution in [-0.2, 0) is 23.3 Å². The predicted octanol–water partition coefficient (Wildman–Crippen LogP) is 4.66.